The molecule has 0 spiro atoms. The van der Waals surface area contributed by atoms with Gasteiger partial charge in [0.25, 0.3) is 9.84 Å². The van der Waals surface area contributed by atoms with Crippen LogP contribution in [0.5, 0.6) is 5.75 Å². The van der Waals surface area contributed by atoms with Crippen LogP contribution in [-0.4, -0.2) is 28.6 Å². The van der Waals surface area contributed by atoms with Crippen molar-refractivity contribution in [3.05, 3.63) is 53.9 Å². The van der Waals surface area contributed by atoms with Gasteiger partial charge in [0.15, 0.2) is 0 Å². The van der Waals surface area contributed by atoms with Crippen molar-refractivity contribution >= 4 is 33.0 Å². The molecule has 3 aromatic rings. The van der Waals surface area contributed by atoms with Crippen LogP contribution in [0.4, 0.5) is 13.2 Å². The molecule has 0 bridgehead atoms. The first-order valence-electron chi connectivity index (χ1n) is 7.92. The van der Waals surface area contributed by atoms with E-state index in [9.17, 15) is 26.7 Å². The lowest BCUT2D eigenvalue weighted by Crippen LogP contribution is -2.23. The van der Waals surface area contributed by atoms with Crippen LogP contribution in [0.25, 0.3) is 23.2 Å². The first-order valence-corrected chi connectivity index (χ1v) is 9.40. The Morgan fingerprint density at radius 1 is 1.11 bits per heavy atom. The molecule has 0 unspecified atom stereocenters. The number of nitrogens with zero attached hydrogens (tertiary/aromatic N) is 2. The molecule has 0 radical (unpaired) electrons. The second-order valence-corrected chi connectivity index (χ2v) is 7.68. The number of hydrogen-bond donors (Lipinski definition) is 1. The van der Waals surface area contributed by atoms with E-state index in [0.29, 0.717) is 17.9 Å². The van der Waals surface area contributed by atoms with Crippen molar-refractivity contribution in [1.29, 1.82) is 0 Å². The van der Waals surface area contributed by atoms with Crippen LogP contribution in [-0.2, 0) is 16.4 Å². The van der Waals surface area contributed by atoms with Gasteiger partial charge in [-0.25, -0.2) is 13.4 Å². The lowest BCUT2D eigenvalue weighted by atomic mass is 10.2. The zero-order valence-corrected chi connectivity index (χ0v) is 14.9. The summed E-state index contributed by atoms with van der Waals surface area (Å²) < 4.78 is 63.3. The molecule has 0 aliphatic rings. The Balaban J connectivity index is 2.06. The van der Waals surface area contributed by atoms with Gasteiger partial charge in [0.05, 0.1) is 15.9 Å². The number of imidazole rings is 1. The second kappa shape index (κ2) is 6.73. The monoisotopic (exact) mass is 396 g/mol. The lowest BCUT2D eigenvalue weighted by Gasteiger charge is -2.08. The third kappa shape index (κ3) is 3.55. The number of fused-ring (bicyclic) bond motifs is 1. The molecule has 0 aliphatic carbocycles. The maximum Gasteiger partial charge on any atom is 0.501 e. The van der Waals surface area contributed by atoms with Gasteiger partial charge >= 0.3 is 5.51 Å². The quantitative estimate of drug-likeness (QED) is 0.717. The van der Waals surface area contributed by atoms with Gasteiger partial charge in [-0.2, -0.15) is 13.2 Å². The number of aromatic nitrogens is 2. The van der Waals surface area contributed by atoms with E-state index in [2.05, 4.69) is 4.98 Å². The topological polar surface area (TPSA) is 72.2 Å². The molecule has 5 nitrogen and oxygen atoms in total. The van der Waals surface area contributed by atoms with Gasteiger partial charge in [-0.3, -0.25) is 0 Å². The van der Waals surface area contributed by atoms with Crippen LogP contribution in [0.3, 0.4) is 0 Å². The Hall–Kier alpha value is -2.81. The van der Waals surface area contributed by atoms with Crippen LogP contribution in [0.1, 0.15) is 18.3 Å². The molecule has 0 aliphatic heterocycles. The van der Waals surface area contributed by atoms with Gasteiger partial charge in [0.2, 0.25) is 0 Å². The molecule has 9 heteroatoms. The molecule has 3 rings (SSSR count). The number of sulfone groups is 1. The van der Waals surface area contributed by atoms with Gasteiger partial charge < -0.3 is 9.67 Å². The maximum absolute atomic E-state index is 12.8. The van der Waals surface area contributed by atoms with Crippen LogP contribution in [0, 0.1) is 0 Å². The highest BCUT2D eigenvalue weighted by atomic mass is 32.2. The largest absolute Gasteiger partial charge is 0.508 e. The summed E-state index contributed by atoms with van der Waals surface area (Å²) in [6.07, 6.45) is 3.41. The summed E-state index contributed by atoms with van der Waals surface area (Å²) in [6, 6.07) is 9.63. The summed E-state index contributed by atoms with van der Waals surface area (Å²) in [7, 11) is -5.43. The summed E-state index contributed by atoms with van der Waals surface area (Å²) in [4.78, 5) is 3.43. The summed E-state index contributed by atoms with van der Waals surface area (Å²) in [5, 5.41) is 9.30. The van der Waals surface area contributed by atoms with E-state index in [1.54, 1.807) is 28.9 Å². The number of alkyl halides is 3. The van der Waals surface area contributed by atoms with Crippen molar-refractivity contribution in [1.82, 2.24) is 9.55 Å². The number of rotatable bonds is 4. The standard InChI is InChI=1S/C18H15F3N2O3S/c1-2-23-16-9-8-14(27(25,26)18(19,20)21)11-15(16)22-17(23)10-5-12-3-6-13(24)7-4-12/h3-11,24H,2H2,1H3. The molecule has 1 N–H and O–H groups in total. The number of phenols is 1. The first kappa shape index (κ1) is 19.0. The fraction of sp³-hybridized carbons (Fsp3) is 0.167. The van der Waals surface area contributed by atoms with Gasteiger partial charge in [-0.1, -0.05) is 18.2 Å². The number of halogens is 3. The first-order chi connectivity index (χ1) is 12.6. The van der Waals surface area contributed by atoms with Crippen molar-refractivity contribution in [2.75, 3.05) is 0 Å². The SMILES string of the molecule is CCn1c(C=Cc2ccc(O)cc2)nc2cc(S(=O)(=O)C(F)(F)F)ccc21. The van der Waals surface area contributed by atoms with Crippen molar-refractivity contribution in [3.63, 3.8) is 0 Å². The Labute approximate surface area is 153 Å². The molecular weight excluding hydrogens is 381 g/mol. The van der Waals surface area contributed by atoms with Gasteiger partial charge in [-0.05, 0) is 48.9 Å². The predicted octanol–water partition coefficient (Wildman–Crippen LogP) is 4.23. The maximum atomic E-state index is 12.8. The van der Waals surface area contributed by atoms with Crippen molar-refractivity contribution < 1.29 is 26.7 Å². The van der Waals surface area contributed by atoms with E-state index in [4.69, 9.17) is 0 Å². The molecular formula is C18H15F3N2O3S. The summed E-state index contributed by atoms with van der Waals surface area (Å²) in [5.74, 6) is 0.605. The van der Waals surface area contributed by atoms with Crippen molar-refractivity contribution in [3.8, 4) is 5.75 Å². The van der Waals surface area contributed by atoms with Gasteiger partial charge in [-0.15, -0.1) is 0 Å². The van der Waals surface area contributed by atoms with Gasteiger partial charge in [0, 0.05) is 6.54 Å². The van der Waals surface area contributed by atoms with Crippen LogP contribution in [0.15, 0.2) is 47.4 Å². The number of hydrogen-bond acceptors (Lipinski definition) is 4. The zero-order valence-electron chi connectivity index (χ0n) is 14.1. The summed E-state index contributed by atoms with van der Waals surface area (Å²) in [6.45, 7) is 2.34. The summed E-state index contributed by atoms with van der Waals surface area (Å²) >= 11 is 0. The Morgan fingerprint density at radius 3 is 2.37 bits per heavy atom. The molecule has 142 valence electrons. The van der Waals surface area contributed by atoms with E-state index in [0.717, 1.165) is 17.7 Å². The number of benzene rings is 2. The lowest BCUT2D eigenvalue weighted by molar-refractivity contribution is -0.0435. The smallest absolute Gasteiger partial charge is 0.501 e. The van der Waals surface area contributed by atoms with E-state index in [-0.39, 0.29) is 11.3 Å². The molecule has 0 amide bonds. The Kier molecular flexibility index (Phi) is 4.73. The average Bonchev–Trinajstić information content (AvgIpc) is 2.96. The molecule has 1 heterocycles. The summed E-state index contributed by atoms with van der Waals surface area (Å²) in [5.41, 5.74) is -3.88. The minimum atomic E-state index is -5.43. The third-order valence-electron chi connectivity index (χ3n) is 4.00. The Bertz CT molecular complexity index is 1120. The fourth-order valence-electron chi connectivity index (χ4n) is 2.64. The molecule has 2 aromatic carbocycles. The highest BCUT2D eigenvalue weighted by molar-refractivity contribution is 7.92. The number of aryl methyl sites for hydroxylation is 1. The van der Waals surface area contributed by atoms with E-state index in [1.807, 2.05) is 6.92 Å². The highest BCUT2D eigenvalue weighted by Crippen LogP contribution is 2.32. The average molecular weight is 396 g/mol. The minimum Gasteiger partial charge on any atom is -0.508 e. The van der Waals surface area contributed by atoms with E-state index < -0.39 is 20.2 Å². The van der Waals surface area contributed by atoms with Crippen molar-refractivity contribution in [2.24, 2.45) is 0 Å². The van der Waals surface area contributed by atoms with Crippen LogP contribution >= 0.6 is 0 Å². The molecule has 0 saturated carbocycles. The fourth-order valence-corrected chi connectivity index (χ4v) is 3.43. The van der Waals surface area contributed by atoms with Gasteiger partial charge in [0.1, 0.15) is 11.6 Å². The molecule has 0 fully saturated rings. The molecule has 27 heavy (non-hydrogen) atoms. The molecule has 1 aromatic heterocycles. The normalized spacial score (nSPS) is 12.9. The minimum absolute atomic E-state index is 0.131. The Morgan fingerprint density at radius 2 is 1.78 bits per heavy atom. The number of phenolic OH excluding ortho intramolecular Hbond substituents is 1. The highest BCUT2D eigenvalue weighted by Gasteiger charge is 2.47. The molecule has 0 saturated heterocycles. The second-order valence-electron chi connectivity index (χ2n) is 5.74. The van der Waals surface area contributed by atoms with Crippen LogP contribution < -0.4 is 0 Å². The van der Waals surface area contributed by atoms with Crippen LogP contribution in [0.2, 0.25) is 0 Å². The third-order valence-corrected chi connectivity index (χ3v) is 5.48. The van der Waals surface area contributed by atoms with E-state index in [1.165, 1.54) is 18.2 Å². The zero-order chi connectivity index (χ0) is 19.8. The van der Waals surface area contributed by atoms with E-state index >= 15 is 0 Å². The predicted molar refractivity (Wildman–Crippen MR) is 95.7 cm³/mol. The number of aromatic hydroxyl groups is 1. The molecule has 0 atom stereocenters. The van der Waals surface area contributed by atoms with Crippen molar-refractivity contribution in [2.45, 2.75) is 23.9 Å².